The lowest BCUT2D eigenvalue weighted by Gasteiger charge is -2.32. The van der Waals surface area contributed by atoms with Gasteiger partial charge >= 0.3 is 0 Å². The number of nitrogens with zero attached hydrogens (tertiary/aromatic N) is 5. The zero-order chi connectivity index (χ0) is 17.1. The number of piperidine rings is 1. The van der Waals surface area contributed by atoms with Crippen molar-refractivity contribution in [2.75, 3.05) is 45.8 Å². The Morgan fingerprint density at radius 1 is 1.12 bits per heavy atom. The number of amides is 1. The molecule has 0 aromatic carbocycles. The molecule has 2 saturated heterocycles. The Bertz CT molecular complexity index is 715. The van der Waals surface area contributed by atoms with Gasteiger partial charge < -0.3 is 15.1 Å². The summed E-state index contributed by atoms with van der Waals surface area (Å²) in [7, 11) is 0. The second kappa shape index (κ2) is 7.49. The number of carbonyl (C=O) groups is 1. The summed E-state index contributed by atoms with van der Waals surface area (Å²) in [5.74, 6) is 1.83. The lowest BCUT2D eigenvalue weighted by Crippen LogP contribution is -2.47. The molecule has 7 heteroatoms. The molecule has 4 heterocycles. The Kier molecular flexibility index (Phi) is 4.94. The number of fused-ring (bicyclic) bond motifs is 1. The standard InChI is InChI=1S/C18H26N6O/c25-17(23-13-7-19-8-14-23)6-12-22-10-4-15(5-11-22)18-21-20-16-3-1-2-9-24(16)18/h1-3,9,15,19H,4-8,10-14H2. The van der Waals surface area contributed by atoms with Crippen LogP contribution < -0.4 is 5.32 Å². The number of likely N-dealkylation sites (tertiary alicyclic amines) is 1. The third-order valence-corrected chi connectivity index (χ3v) is 5.40. The third-order valence-electron chi connectivity index (χ3n) is 5.40. The van der Waals surface area contributed by atoms with Crippen LogP contribution in [0.25, 0.3) is 5.65 Å². The van der Waals surface area contributed by atoms with Crippen molar-refractivity contribution in [1.82, 2.24) is 29.7 Å². The van der Waals surface area contributed by atoms with E-state index in [0.29, 0.717) is 18.2 Å². The first-order valence-corrected chi connectivity index (χ1v) is 9.32. The molecule has 2 aromatic rings. The number of rotatable bonds is 4. The van der Waals surface area contributed by atoms with E-state index in [9.17, 15) is 4.79 Å². The number of hydrogen-bond donors (Lipinski definition) is 1. The summed E-state index contributed by atoms with van der Waals surface area (Å²) in [6, 6.07) is 6.01. The molecule has 0 saturated carbocycles. The van der Waals surface area contributed by atoms with Gasteiger partial charge in [-0.3, -0.25) is 9.20 Å². The van der Waals surface area contributed by atoms with Crippen LogP contribution in [-0.4, -0.2) is 76.1 Å². The molecule has 1 amide bonds. The van der Waals surface area contributed by atoms with Crippen molar-refractivity contribution in [3.05, 3.63) is 30.2 Å². The molecule has 0 unspecified atom stereocenters. The largest absolute Gasteiger partial charge is 0.340 e. The van der Waals surface area contributed by atoms with E-state index in [4.69, 9.17) is 0 Å². The molecule has 0 radical (unpaired) electrons. The van der Waals surface area contributed by atoms with Crippen LogP contribution in [0.15, 0.2) is 24.4 Å². The highest BCUT2D eigenvalue weighted by Crippen LogP contribution is 2.27. The van der Waals surface area contributed by atoms with Crippen molar-refractivity contribution in [1.29, 1.82) is 0 Å². The maximum atomic E-state index is 12.3. The average Bonchev–Trinajstić information content (AvgIpc) is 3.11. The summed E-state index contributed by atoms with van der Waals surface area (Å²) in [4.78, 5) is 16.7. The Labute approximate surface area is 148 Å². The van der Waals surface area contributed by atoms with Gasteiger partial charge in [0, 0.05) is 51.3 Å². The van der Waals surface area contributed by atoms with Gasteiger partial charge in [-0.25, -0.2) is 0 Å². The van der Waals surface area contributed by atoms with Crippen LogP contribution in [-0.2, 0) is 4.79 Å². The first kappa shape index (κ1) is 16.5. The number of aromatic nitrogens is 3. The van der Waals surface area contributed by atoms with Crippen LogP contribution in [0.5, 0.6) is 0 Å². The van der Waals surface area contributed by atoms with E-state index in [1.54, 1.807) is 0 Å². The normalized spacial score (nSPS) is 20.2. The van der Waals surface area contributed by atoms with Gasteiger partial charge in [-0.05, 0) is 38.1 Å². The van der Waals surface area contributed by atoms with E-state index < -0.39 is 0 Å². The lowest BCUT2D eigenvalue weighted by atomic mass is 9.96. The number of piperazine rings is 1. The van der Waals surface area contributed by atoms with Gasteiger partial charge in [0.2, 0.25) is 5.91 Å². The molecule has 2 fully saturated rings. The van der Waals surface area contributed by atoms with Crippen LogP contribution in [0.2, 0.25) is 0 Å². The van der Waals surface area contributed by atoms with Gasteiger partial charge in [-0.2, -0.15) is 0 Å². The fourth-order valence-corrected chi connectivity index (χ4v) is 3.88. The molecular formula is C18H26N6O. The molecule has 0 aliphatic carbocycles. The molecule has 0 bridgehead atoms. The van der Waals surface area contributed by atoms with Crippen LogP contribution in [0.4, 0.5) is 0 Å². The quantitative estimate of drug-likeness (QED) is 0.887. The maximum Gasteiger partial charge on any atom is 0.223 e. The number of hydrogen-bond acceptors (Lipinski definition) is 5. The van der Waals surface area contributed by atoms with Gasteiger partial charge in [0.1, 0.15) is 5.82 Å². The zero-order valence-electron chi connectivity index (χ0n) is 14.6. The highest BCUT2D eigenvalue weighted by molar-refractivity contribution is 5.76. The SMILES string of the molecule is O=C(CCN1CCC(c2nnc3ccccn23)CC1)N1CCNCC1. The number of carbonyl (C=O) groups excluding carboxylic acids is 1. The Morgan fingerprint density at radius 3 is 2.72 bits per heavy atom. The predicted molar refractivity (Wildman–Crippen MR) is 95.5 cm³/mol. The molecule has 7 nitrogen and oxygen atoms in total. The fraction of sp³-hybridized carbons (Fsp3) is 0.611. The molecule has 2 aliphatic heterocycles. The zero-order valence-corrected chi connectivity index (χ0v) is 14.6. The molecule has 0 atom stereocenters. The second-order valence-corrected chi connectivity index (χ2v) is 6.98. The first-order valence-electron chi connectivity index (χ1n) is 9.32. The van der Waals surface area contributed by atoms with Crippen molar-refractivity contribution in [2.24, 2.45) is 0 Å². The van der Waals surface area contributed by atoms with Crippen molar-refractivity contribution in [3.8, 4) is 0 Å². The fourth-order valence-electron chi connectivity index (χ4n) is 3.88. The smallest absolute Gasteiger partial charge is 0.223 e. The molecule has 134 valence electrons. The van der Waals surface area contributed by atoms with Crippen LogP contribution >= 0.6 is 0 Å². The molecule has 2 aromatic heterocycles. The monoisotopic (exact) mass is 342 g/mol. The summed E-state index contributed by atoms with van der Waals surface area (Å²) in [5.41, 5.74) is 0.918. The van der Waals surface area contributed by atoms with Crippen molar-refractivity contribution >= 4 is 11.6 Å². The van der Waals surface area contributed by atoms with Gasteiger partial charge in [-0.1, -0.05) is 6.07 Å². The Morgan fingerprint density at radius 2 is 1.92 bits per heavy atom. The third kappa shape index (κ3) is 3.67. The minimum absolute atomic E-state index is 0.298. The summed E-state index contributed by atoms with van der Waals surface area (Å²) in [5, 5.41) is 12.0. The van der Waals surface area contributed by atoms with Crippen molar-refractivity contribution < 1.29 is 4.79 Å². The molecule has 25 heavy (non-hydrogen) atoms. The Balaban J connectivity index is 1.27. The van der Waals surface area contributed by atoms with Gasteiger partial charge in [0.15, 0.2) is 5.65 Å². The van der Waals surface area contributed by atoms with Crippen LogP contribution in [0.3, 0.4) is 0 Å². The minimum atomic E-state index is 0.298. The van der Waals surface area contributed by atoms with Gasteiger partial charge in [0.05, 0.1) is 0 Å². The molecule has 4 rings (SSSR count). The summed E-state index contributed by atoms with van der Waals surface area (Å²) >= 11 is 0. The lowest BCUT2D eigenvalue weighted by molar-refractivity contribution is -0.132. The van der Waals surface area contributed by atoms with Crippen molar-refractivity contribution in [2.45, 2.75) is 25.2 Å². The topological polar surface area (TPSA) is 65.8 Å². The van der Waals surface area contributed by atoms with E-state index in [1.165, 1.54) is 0 Å². The van der Waals surface area contributed by atoms with E-state index in [2.05, 4.69) is 24.8 Å². The highest BCUT2D eigenvalue weighted by Gasteiger charge is 2.25. The van der Waals surface area contributed by atoms with E-state index in [0.717, 1.165) is 70.1 Å². The summed E-state index contributed by atoms with van der Waals surface area (Å²) in [6.07, 6.45) is 4.84. The molecule has 0 spiro atoms. The number of pyridine rings is 1. The first-order chi connectivity index (χ1) is 12.3. The Hall–Kier alpha value is -1.99. The summed E-state index contributed by atoms with van der Waals surface area (Å²) in [6.45, 7) is 6.47. The van der Waals surface area contributed by atoms with Gasteiger partial charge in [0.25, 0.3) is 0 Å². The number of nitrogens with one attached hydrogen (secondary N) is 1. The molecular weight excluding hydrogens is 316 g/mol. The van der Waals surface area contributed by atoms with E-state index in [1.807, 2.05) is 29.3 Å². The maximum absolute atomic E-state index is 12.3. The summed E-state index contributed by atoms with van der Waals surface area (Å²) < 4.78 is 2.11. The van der Waals surface area contributed by atoms with Crippen LogP contribution in [0.1, 0.15) is 31.0 Å². The minimum Gasteiger partial charge on any atom is -0.340 e. The van der Waals surface area contributed by atoms with Crippen LogP contribution in [0, 0.1) is 0 Å². The average molecular weight is 342 g/mol. The predicted octanol–water partition coefficient (Wildman–Crippen LogP) is 0.731. The highest BCUT2D eigenvalue weighted by atomic mass is 16.2. The second-order valence-electron chi connectivity index (χ2n) is 6.98. The van der Waals surface area contributed by atoms with Gasteiger partial charge in [-0.15, -0.1) is 10.2 Å². The van der Waals surface area contributed by atoms with E-state index in [-0.39, 0.29) is 0 Å². The molecule has 1 N–H and O–H groups in total. The molecule has 2 aliphatic rings. The van der Waals surface area contributed by atoms with Crippen molar-refractivity contribution in [3.63, 3.8) is 0 Å². The van der Waals surface area contributed by atoms with E-state index >= 15 is 0 Å².